The maximum Gasteiger partial charge on any atom is 0.308 e. The lowest BCUT2D eigenvalue weighted by Gasteiger charge is -2.03. The molecule has 4 rings (SSSR count). The van der Waals surface area contributed by atoms with Gasteiger partial charge < -0.3 is 9.15 Å². The van der Waals surface area contributed by atoms with Crippen molar-refractivity contribution in [1.82, 2.24) is 4.72 Å². The summed E-state index contributed by atoms with van der Waals surface area (Å²) in [7, 11) is -3.62. The lowest BCUT2D eigenvalue weighted by Crippen LogP contribution is -2.22. The molecule has 1 N–H and O–H groups in total. The van der Waals surface area contributed by atoms with Gasteiger partial charge in [-0.3, -0.25) is 19.3 Å². The van der Waals surface area contributed by atoms with E-state index in [-0.39, 0.29) is 29.5 Å². The Bertz CT molecular complexity index is 1290. The first kappa shape index (κ1) is 19.8. The first-order valence-corrected chi connectivity index (χ1v) is 10.7. The third kappa shape index (κ3) is 3.71. The lowest BCUT2D eigenvalue weighted by molar-refractivity contribution is -0.142. The number of amidine groups is 1. The van der Waals surface area contributed by atoms with Crippen molar-refractivity contribution in [2.24, 2.45) is 4.99 Å². The van der Waals surface area contributed by atoms with E-state index in [2.05, 4.69) is 9.71 Å². The minimum Gasteiger partial charge on any atom is -0.457 e. The van der Waals surface area contributed by atoms with Gasteiger partial charge in [-0.1, -0.05) is 30.3 Å². The standard InChI is InChI=1S/C21H18N2O6S/c1-13-14-6-2-4-8-17(14)29-20(13)16(24)12-28-19(25)10-11-22-21-15-7-3-5-9-18(15)30(26,27)23-21/h2-9H,10-12H2,1H3,(H,22,23). The van der Waals surface area contributed by atoms with Crippen LogP contribution in [0.1, 0.15) is 28.1 Å². The molecule has 0 atom stereocenters. The van der Waals surface area contributed by atoms with Crippen LogP contribution in [-0.2, 0) is 19.6 Å². The number of Topliss-reactive ketones (excluding diaryl/α,β-unsaturated/α-hetero) is 1. The summed E-state index contributed by atoms with van der Waals surface area (Å²) in [6, 6.07) is 13.7. The number of sulfonamides is 1. The normalized spacial score (nSPS) is 15.7. The van der Waals surface area contributed by atoms with E-state index in [1.807, 2.05) is 18.2 Å². The fourth-order valence-electron chi connectivity index (χ4n) is 3.23. The summed E-state index contributed by atoms with van der Waals surface area (Å²) in [4.78, 5) is 28.6. The number of benzene rings is 2. The van der Waals surface area contributed by atoms with E-state index in [1.54, 1.807) is 31.2 Å². The van der Waals surface area contributed by atoms with Crippen molar-refractivity contribution >= 4 is 38.6 Å². The first-order valence-electron chi connectivity index (χ1n) is 9.20. The number of esters is 1. The number of carbonyl (C=O) groups excluding carboxylic acids is 2. The molecule has 3 aromatic rings. The molecule has 0 saturated heterocycles. The largest absolute Gasteiger partial charge is 0.457 e. The lowest BCUT2D eigenvalue weighted by atomic mass is 10.1. The molecule has 8 nitrogen and oxygen atoms in total. The van der Waals surface area contributed by atoms with Gasteiger partial charge >= 0.3 is 5.97 Å². The van der Waals surface area contributed by atoms with Gasteiger partial charge in [0.15, 0.2) is 12.4 Å². The predicted octanol–water partition coefficient (Wildman–Crippen LogP) is 2.60. The summed E-state index contributed by atoms with van der Waals surface area (Å²) in [5.74, 6) is -0.690. The number of hydrogen-bond acceptors (Lipinski definition) is 7. The first-order chi connectivity index (χ1) is 14.4. The fourth-order valence-corrected chi connectivity index (χ4v) is 4.49. The van der Waals surface area contributed by atoms with Crippen LogP contribution in [0, 0.1) is 6.92 Å². The molecule has 2 heterocycles. The summed E-state index contributed by atoms with van der Waals surface area (Å²) in [6.07, 6.45) is -0.0974. The minimum atomic E-state index is -3.62. The van der Waals surface area contributed by atoms with Crippen LogP contribution >= 0.6 is 0 Å². The number of aryl methyl sites for hydroxylation is 1. The third-order valence-corrected chi connectivity index (χ3v) is 6.11. The van der Waals surface area contributed by atoms with E-state index in [4.69, 9.17) is 9.15 Å². The Labute approximate surface area is 172 Å². The van der Waals surface area contributed by atoms with Crippen LogP contribution in [0.5, 0.6) is 0 Å². The Balaban J connectivity index is 1.34. The Hall–Kier alpha value is -3.46. The molecule has 154 valence electrons. The van der Waals surface area contributed by atoms with E-state index in [1.165, 1.54) is 6.07 Å². The summed E-state index contributed by atoms with van der Waals surface area (Å²) < 4.78 is 37.0. The predicted molar refractivity (Wildman–Crippen MR) is 109 cm³/mol. The quantitative estimate of drug-likeness (QED) is 0.479. The second-order valence-corrected chi connectivity index (χ2v) is 8.37. The molecule has 0 bridgehead atoms. The average molecular weight is 426 g/mol. The van der Waals surface area contributed by atoms with E-state index < -0.39 is 28.4 Å². The highest BCUT2D eigenvalue weighted by Gasteiger charge is 2.30. The molecule has 0 spiro atoms. The van der Waals surface area contributed by atoms with Gasteiger partial charge in [0.1, 0.15) is 11.4 Å². The number of fused-ring (bicyclic) bond motifs is 2. The monoisotopic (exact) mass is 426 g/mol. The number of para-hydroxylation sites is 1. The Kier molecular flexibility index (Phi) is 5.13. The van der Waals surface area contributed by atoms with Crippen molar-refractivity contribution in [2.45, 2.75) is 18.2 Å². The highest BCUT2D eigenvalue weighted by atomic mass is 32.2. The van der Waals surface area contributed by atoms with Gasteiger partial charge in [0.25, 0.3) is 10.0 Å². The highest BCUT2D eigenvalue weighted by Crippen LogP contribution is 2.25. The Morgan fingerprint density at radius 2 is 1.83 bits per heavy atom. The Morgan fingerprint density at radius 3 is 2.63 bits per heavy atom. The zero-order valence-electron chi connectivity index (χ0n) is 16.0. The zero-order valence-corrected chi connectivity index (χ0v) is 16.9. The molecule has 0 amide bonds. The SMILES string of the molecule is Cc1c(C(=O)COC(=O)CCN=C2NS(=O)(=O)c3ccccc32)oc2ccccc12. The van der Waals surface area contributed by atoms with E-state index in [9.17, 15) is 18.0 Å². The highest BCUT2D eigenvalue weighted by molar-refractivity contribution is 7.90. The molecule has 2 aromatic carbocycles. The number of aliphatic imine (C=N–C) groups is 1. The van der Waals surface area contributed by atoms with Gasteiger partial charge in [-0.15, -0.1) is 0 Å². The van der Waals surface area contributed by atoms with E-state index in [0.29, 0.717) is 16.7 Å². The third-order valence-electron chi connectivity index (χ3n) is 4.71. The van der Waals surface area contributed by atoms with E-state index >= 15 is 0 Å². The molecule has 0 saturated carbocycles. The molecular formula is C21H18N2O6S. The van der Waals surface area contributed by atoms with Crippen LogP contribution in [0.4, 0.5) is 0 Å². The molecule has 1 aromatic heterocycles. The smallest absolute Gasteiger partial charge is 0.308 e. The Morgan fingerprint density at radius 1 is 1.10 bits per heavy atom. The summed E-state index contributed by atoms with van der Waals surface area (Å²) >= 11 is 0. The van der Waals surface area contributed by atoms with Crippen LogP contribution in [0.15, 0.2) is 62.8 Å². The van der Waals surface area contributed by atoms with Crippen molar-refractivity contribution in [3.63, 3.8) is 0 Å². The molecule has 1 aliphatic heterocycles. The molecule has 0 unspecified atom stereocenters. The topological polar surface area (TPSA) is 115 Å². The van der Waals surface area contributed by atoms with Crippen LogP contribution in [0.25, 0.3) is 11.0 Å². The van der Waals surface area contributed by atoms with Crippen LogP contribution in [-0.4, -0.2) is 39.2 Å². The summed E-state index contributed by atoms with van der Waals surface area (Å²) in [5.41, 5.74) is 1.76. The number of carbonyl (C=O) groups is 2. The maximum atomic E-state index is 12.4. The number of furan rings is 1. The number of nitrogens with one attached hydrogen (secondary N) is 1. The fraction of sp³-hybridized carbons (Fsp3) is 0.190. The second-order valence-electron chi connectivity index (χ2n) is 6.72. The maximum absolute atomic E-state index is 12.4. The molecule has 0 radical (unpaired) electrons. The van der Waals surface area contributed by atoms with Gasteiger partial charge in [-0.2, -0.15) is 0 Å². The molecule has 0 aliphatic carbocycles. The molecule has 9 heteroatoms. The van der Waals surface area contributed by atoms with Crippen molar-refractivity contribution < 1.29 is 27.2 Å². The summed E-state index contributed by atoms with van der Waals surface area (Å²) in [5, 5.41) is 0.835. The molecule has 30 heavy (non-hydrogen) atoms. The number of hydrogen-bond donors (Lipinski definition) is 1. The minimum absolute atomic E-state index is 0.0167. The average Bonchev–Trinajstić information content (AvgIpc) is 3.21. The number of ketones is 1. The van der Waals surface area contributed by atoms with Gasteiger partial charge in [0, 0.05) is 16.5 Å². The van der Waals surface area contributed by atoms with Gasteiger partial charge in [-0.25, -0.2) is 8.42 Å². The van der Waals surface area contributed by atoms with Gasteiger partial charge in [0.2, 0.25) is 5.78 Å². The van der Waals surface area contributed by atoms with Crippen LogP contribution < -0.4 is 4.72 Å². The molecule has 0 fully saturated rings. The molecule has 1 aliphatic rings. The van der Waals surface area contributed by atoms with Crippen LogP contribution in [0.2, 0.25) is 0 Å². The number of nitrogens with zero attached hydrogens (tertiary/aromatic N) is 1. The second kappa shape index (κ2) is 7.75. The van der Waals surface area contributed by atoms with Crippen molar-refractivity contribution in [3.05, 3.63) is 65.4 Å². The van der Waals surface area contributed by atoms with E-state index in [0.717, 1.165) is 5.39 Å². The number of rotatable bonds is 6. The number of ether oxygens (including phenoxy) is 1. The van der Waals surface area contributed by atoms with Gasteiger partial charge in [0.05, 0.1) is 17.9 Å². The van der Waals surface area contributed by atoms with Crippen molar-refractivity contribution in [3.8, 4) is 0 Å². The van der Waals surface area contributed by atoms with Crippen LogP contribution in [0.3, 0.4) is 0 Å². The zero-order chi connectivity index (χ0) is 21.3. The molecular weight excluding hydrogens is 408 g/mol. The summed E-state index contributed by atoms with van der Waals surface area (Å²) in [6.45, 7) is 1.35. The van der Waals surface area contributed by atoms with Crippen molar-refractivity contribution in [1.29, 1.82) is 0 Å². The van der Waals surface area contributed by atoms with Gasteiger partial charge in [-0.05, 0) is 25.1 Å². The van der Waals surface area contributed by atoms with Crippen molar-refractivity contribution in [2.75, 3.05) is 13.2 Å².